The lowest BCUT2D eigenvalue weighted by Gasteiger charge is -2.20. The van der Waals surface area contributed by atoms with E-state index >= 15 is 0 Å². The number of fused-ring (bicyclic) bond motifs is 5. The lowest BCUT2D eigenvalue weighted by Crippen LogP contribution is -2.35. The van der Waals surface area contributed by atoms with E-state index < -0.39 is 23.6 Å². The second-order valence-electron chi connectivity index (χ2n) is 6.68. The Bertz CT molecular complexity index is 661. The fraction of sp³-hybridized carbons (Fsp3) is 0.562. The van der Waals surface area contributed by atoms with Gasteiger partial charge in [-0.25, -0.2) is 9.18 Å². The van der Waals surface area contributed by atoms with E-state index in [4.69, 9.17) is 4.74 Å². The number of anilines is 1. The number of urea groups is 1. The molecule has 4 atom stereocenters. The van der Waals surface area contributed by atoms with Gasteiger partial charge in [0.15, 0.2) is 0 Å². The highest BCUT2D eigenvalue weighted by Gasteiger charge is 2.53. The molecule has 3 heterocycles. The minimum absolute atomic E-state index is 0.184. The molecule has 0 aliphatic carbocycles. The fourth-order valence-corrected chi connectivity index (χ4v) is 4.15. The van der Waals surface area contributed by atoms with Crippen molar-refractivity contribution in [3.05, 3.63) is 29.6 Å². The molecular formula is C16H16F4N2O2. The SMILES string of the molecule is O=C(Nc1cc(F)cc(C(F)(F)F)c1)N1C[C@@H]2[C@H](C1)[C@H]1CC[C@@H]2O1. The van der Waals surface area contributed by atoms with Crippen molar-refractivity contribution in [2.75, 3.05) is 18.4 Å². The van der Waals surface area contributed by atoms with Gasteiger partial charge in [0.2, 0.25) is 0 Å². The van der Waals surface area contributed by atoms with Crippen LogP contribution in [0.2, 0.25) is 0 Å². The van der Waals surface area contributed by atoms with Gasteiger partial charge in [0.25, 0.3) is 0 Å². The molecule has 3 aliphatic rings. The molecule has 0 aromatic heterocycles. The zero-order chi connectivity index (χ0) is 17.1. The highest BCUT2D eigenvalue weighted by atomic mass is 19.4. The van der Waals surface area contributed by atoms with E-state index in [2.05, 4.69) is 5.32 Å². The topological polar surface area (TPSA) is 41.6 Å². The fourth-order valence-electron chi connectivity index (χ4n) is 4.15. The third kappa shape index (κ3) is 2.62. The number of halogens is 4. The van der Waals surface area contributed by atoms with Crippen LogP contribution in [-0.4, -0.2) is 36.2 Å². The quantitative estimate of drug-likeness (QED) is 0.793. The Labute approximate surface area is 135 Å². The van der Waals surface area contributed by atoms with Crippen molar-refractivity contribution >= 4 is 11.7 Å². The number of rotatable bonds is 1. The Morgan fingerprint density at radius 2 is 1.75 bits per heavy atom. The summed E-state index contributed by atoms with van der Waals surface area (Å²) in [6, 6.07) is 1.54. The third-order valence-electron chi connectivity index (χ3n) is 5.22. The molecule has 0 radical (unpaired) electrons. The van der Waals surface area contributed by atoms with Gasteiger partial charge in [-0.05, 0) is 31.0 Å². The van der Waals surface area contributed by atoms with Crippen LogP contribution in [0.3, 0.4) is 0 Å². The Balaban J connectivity index is 1.46. The molecule has 0 saturated carbocycles. The lowest BCUT2D eigenvalue weighted by atomic mass is 9.82. The minimum atomic E-state index is -4.66. The molecule has 2 amide bonds. The summed E-state index contributed by atoms with van der Waals surface area (Å²) in [5, 5.41) is 2.38. The van der Waals surface area contributed by atoms with Crippen molar-refractivity contribution in [1.29, 1.82) is 0 Å². The average molecular weight is 344 g/mol. The molecule has 1 N–H and O–H groups in total. The van der Waals surface area contributed by atoms with Crippen LogP contribution in [0.1, 0.15) is 18.4 Å². The van der Waals surface area contributed by atoms with Gasteiger partial charge in [0.05, 0.1) is 17.8 Å². The predicted molar refractivity (Wildman–Crippen MR) is 76.9 cm³/mol. The first-order chi connectivity index (χ1) is 11.3. The Morgan fingerprint density at radius 3 is 2.33 bits per heavy atom. The zero-order valence-corrected chi connectivity index (χ0v) is 12.6. The summed E-state index contributed by atoms with van der Waals surface area (Å²) in [7, 11) is 0. The molecule has 3 saturated heterocycles. The number of carbonyl (C=O) groups is 1. The van der Waals surface area contributed by atoms with E-state index in [1.54, 1.807) is 4.90 Å². The second kappa shape index (κ2) is 5.34. The van der Waals surface area contributed by atoms with Gasteiger partial charge < -0.3 is 15.0 Å². The van der Waals surface area contributed by atoms with Crippen molar-refractivity contribution in [1.82, 2.24) is 4.90 Å². The maximum atomic E-state index is 13.4. The molecule has 0 unspecified atom stereocenters. The normalized spacial score (nSPS) is 31.4. The number of nitrogens with zero attached hydrogens (tertiary/aromatic N) is 1. The van der Waals surface area contributed by atoms with Crippen molar-refractivity contribution in [3.63, 3.8) is 0 Å². The molecule has 130 valence electrons. The van der Waals surface area contributed by atoms with Gasteiger partial charge in [-0.3, -0.25) is 0 Å². The molecule has 3 fully saturated rings. The molecule has 1 aromatic carbocycles. The van der Waals surface area contributed by atoms with Crippen LogP contribution < -0.4 is 5.32 Å². The summed E-state index contributed by atoms with van der Waals surface area (Å²) in [6.45, 7) is 1.05. The monoisotopic (exact) mass is 344 g/mol. The highest BCUT2D eigenvalue weighted by Crippen LogP contribution is 2.47. The first-order valence-corrected chi connectivity index (χ1v) is 7.90. The van der Waals surface area contributed by atoms with Crippen LogP contribution in [-0.2, 0) is 10.9 Å². The standard InChI is InChI=1S/C16H16F4N2O2/c17-9-3-8(16(18,19)20)4-10(5-9)21-15(23)22-6-11-12(7-22)14-2-1-13(11)24-14/h3-5,11-14H,1-2,6-7H2,(H,21,23)/t11-,12+,13+,14-. The van der Waals surface area contributed by atoms with E-state index in [1.165, 1.54) is 0 Å². The molecule has 2 bridgehead atoms. The highest BCUT2D eigenvalue weighted by molar-refractivity contribution is 5.89. The zero-order valence-electron chi connectivity index (χ0n) is 12.6. The van der Waals surface area contributed by atoms with Crippen LogP contribution in [0.25, 0.3) is 0 Å². The third-order valence-corrected chi connectivity index (χ3v) is 5.22. The minimum Gasteiger partial charge on any atom is -0.374 e. The van der Waals surface area contributed by atoms with Crippen molar-refractivity contribution in [3.8, 4) is 0 Å². The molecule has 24 heavy (non-hydrogen) atoms. The van der Waals surface area contributed by atoms with Crippen LogP contribution in [0, 0.1) is 17.7 Å². The van der Waals surface area contributed by atoms with Gasteiger partial charge in [-0.1, -0.05) is 0 Å². The maximum Gasteiger partial charge on any atom is 0.416 e. The van der Waals surface area contributed by atoms with Crippen LogP contribution >= 0.6 is 0 Å². The maximum absolute atomic E-state index is 13.4. The Kier molecular flexibility index (Phi) is 3.49. The van der Waals surface area contributed by atoms with Crippen LogP contribution in [0.4, 0.5) is 28.0 Å². The summed E-state index contributed by atoms with van der Waals surface area (Å²) < 4.78 is 57.4. The van der Waals surface area contributed by atoms with Crippen molar-refractivity contribution < 1.29 is 27.1 Å². The molecular weight excluding hydrogens is 328 g/mol. The number of ether oxygens (including phenoxy) is 1. The number of hydrogen-bond acceptors (Lipinski definition) is 2. The van der Waals surface area contributed by atoms with E-state index in [1.807, 2.05) is 0 Å². The average Bonchev–Trinajstić information content (AvgIpc) is 3.18. The predicted octanol–water partition coefficient (Wildman–Crippen LogP) is 3.49. The number of alkyl halides is 3. The molecule has 0 spiro atoms. The van der Waals surface area contributed by atoms with E-state index in [9.17, 15) is 22.4 Å². The lowest BCUT2D eigenvalue weighted by molar-refractivity contribution is -0.137. The molecule has 3 aliphatic heterocycles. The van der Waals surface area contributed by atoms with E-state index in [0.29, 0.717) is 31.0 Å². The Morgan fingerprint density at radius 1 is 1.12 bits per heavy atom. The molecule has 4 rings (SSSR count). The number of amides is 2. The van der Waals surface area contributed by atoms with Gasteiger partial charge in [0.1, 0.15) is 5.82 Å². The number of carbonyl (C=O) groups excluding carboxylic acids is 1. The van der Waals surface area contributed by atoms with Gasteiger partial charge in [-0.2, -0.15) is 13.2 Å². The number of likely N-dealkylation sites (tertiary alicyclic amines) is 1. The Hall–Kier alpha value is -1.83. The van der Waals surface area contributed by atoms with Gasteiger partial charge >= 0.3 is 12.2 Å². The number of nitrogens with one attached hydrogen (secondary N) is 1. The smallest absolute Gasteiger partial charge is 0.374 e. The second-order valence-corrected chi connectivity index (χ2v) is 6.68. The van der Waals surface area contributed by atoms with E-state index in [0.717, 1.165) is 25.0 Å². The largest absolute Gasteiger partial charge is 0.416 e. The van der Waals surface area contributed by atoms with Crippen LogP contribution in [0.5, 0.6) is 0 Å². The first kappa shape index (κ1) is 15.7. The number of hydrogen-bond donors (Lipinski definition) is 1. The van der Waals surface area contributed by atoms with Crippen molar-refractivity contribution in [2.45, 2.75) is 31.2 Å². The van der Waals surface area contributed by atoms with Crippen LogP contribution in [0.15, 0.2) is 18.2 Å². The van der Waals surface area contributed by atoms with Gasteiger partial charge in [0, 0.05) is 30.6 Å². The molecule has 4 nitrogen and oxygen atoms in total. The summed E-state index contributed by atoms with van der Waals surface area (Å²) in [6.07, 6.45) is -2.30. The first-order valence-electron chi connectivity index (χ1n) is 7.90. The molecule has 1 aromatic rings. The summed E-state index contributed by atoms with van der Waals surface area (Å²) in [5.74, 6) is -0.439. The summed E-state index contributed by atoms with van der Waals surface area (Å²) in [5.41, 5.74) is -1.31. The van der Waals surface area contributed by atoms with Gasteiger partial charge in [-0.15, -0.1) is 0 Å². The van der Waals surface area contributed by atoms with Crippen molar-refractivity contribution in [2.24, 2.45) is 11.8 Å². The summed E-state index contributed by atoms with van der Waals surface area (Å²) >= 11 is 0. The van der Waals surface area contributed by atoms with E-state index in [-0.39, 0.29) is 17.9 Å². The molecule has 8 heteroatoms. The number of benzene rings is 1. The summed E-state index contributed by atoms with van der Waals surface area (Å²) in [4.78, 5) is 13.9.